The van der Waals surface area contributed by atoms with Crippen LogP contribution in [0.2, 0.25) is 0 Å². The van der Waals surface area contributed by atoms with Crippen LogP contribution in [0.15, 0.2) is 30.3 Å². The van der Waals surface area contributed by atoms with Crippen LogP contribution in [0.25, 0.3) is 0 Å². The number of carbonyl (C=O) groups is 1. The molecule has 1 fully saturated rings. The highest BCUT2D eigenvalue weighted by atomic mass is 16.5. The molecule has 0 bridgehead atoms. The van der Waals surface area contributed by atoms with Crippen molar-refractivity contribution in [1.82, 2.24) is 15.5 Å². The largest absolute Gasteiger partial charge is 0.379 e. The molecule has 0 radical (unpaired) electrons. The summed E-state index contributed by atoms with van der Waals surface area (Å²) in [6.45, 7) is 4.88. The van der Waals surface area contributed by atoms with Crippen molar-refractivity contribution < 1.29 is 9.53 Å². The lowest BCUT2D eigenvalue weighted by Gasteiger charge is -2.35. The van der Waals surface area contributed by atoms with E-state index < -0.39 is 0 Å². The number of carbonyl (C=O) groups excluding carboxylic acids is 1. The average Bonchev–Trinajstić information content (AvgIpc) is 2.57. The number of benzene rings is 1. The fourth-order valence-corrected chi connectivity index (χ4v) is 2.75. The molecule has 122 valence electrons. The molecule has 2 rings (SSSR count). The van der Waals surface area contributed by atoms with Crippen molar-refractivity contribution in [1.29, 1.82) is 0 Å². The van der Waals surface area contributed by atoms with Crippen LogP contribution in [0.3, 0.4) is 0 Å². The molecule has 1 atom stereocenters. The second-order valence-corrected chi connectivity index (χ2v) is 5.59. The van der Waals surface area contributed by atoms with Crippen molar-refractivity contribution in [3.8, 4) is 0 Å². The molecular formula is C17H27N3O2. The molecule has 1 aliphatic heterocycles. The first-order valence-electron chi connectivity index (χ1n) is 8.09. The van der Waals surface area contributed by atoms with Gasteiger partial charge in [-0.05, 0) is 25.6 Å². The van der Waals surface area contributed by atoms with Crippen LogP contribution in [0.4, 0.5) is 0 Å². The predicted octanol–water partition coefficient (Wildman–Crippen LogP) is 1.18. The van der Waals surface area contributed by atoms with Gasteiger partial charge in [0.25, 0.3) is 0 Å². The molecule has 22 heavy (non-hydrogen) atoms. The van der Waals surface area contributed by atoms with E-state index in [9.17, 15) is 4.79 Å². The Kier molecular flexibility index (Phi) is 7.36. The lowest BCUT2D eigenvalue weighted by Crippen LogP contribution is -2.43. The maximum Gasteiger partial charge on any atom is 0.220 e. The van der Waals surface area contributed by atoms with Gasteiger partial charge >= 0.3 is 0 Å². The van der Waals surface area contributed by atoms with Gasteiger partial charge in [-0.2, -0.15) is 0 Å². The van der Waals surface area contributed by atoms with Gasteiger partial charge in [-0.25, -0.2) is 0 Å². The second kappa shape index (κ2) is 9.56. The van der Waals surface area contributed by atoms with Gasteiger partial charge in [0.05, 0.1) is 19.3 Å². The zero-order chi connectivity index (χ0) is 15.6. The molecule has 5 nitrogen and oxygen atoms in total. The van der Waals surface area contributed by atoms with Gasteiger partial charge in [-0.3, -0.25) is 9.69 Å². The van der Waals surface area contributed by atoms with E-state index in [-0.39, 0.29) is 11.9 Å². The van der Waals surface area contributed by atoms with Gasteiger partial charge in [0.2, 0.25) is 5.91 Å². The van der Waals surface area contributed by atoms with Crippen LogP contribution < -0.4 is 10.6 Å². The molecule has 1 heterocycles. The Labute approximate surface area is 133 Å². The molecule has 5 heteroatoms. The molecule has 0 spiro atoms. The van der Waals surface area contributed by atoms with Crippen LogP contribution in [0.1, 0.15) is 24.4 Å². The van der Waals surface area contributed by atoms with Gasteiger partial charge in [0.1, 0.15) is 0 Å². The van der Waals surface area contributed by atoms with Gasteiger partial charge < -0.3 is 15.4 Å². The zero-order valence-corrected chi connectivity index (χ0v) is 13.4. The van der Waals surface area contributed by atoms with E-state index >= 15 is 0 Å². The minimum Gasteiger partial charge on any atom is -0.379 e. The molecule has 0 aromatic heterocycles. The SMILES string of the molecule is CNCCCC(=O)NCC(c1ccccc1)N1CCOCC1. The number of hydrogen-bond acceptors (Lipinski definition) is 4. The highest BCUT2D eigenvalue weighted by Gasteiger charge is 2.22. The highest BCUT2D eigenvalue weighted by molar-refractivity contribution is 5.75. The summed E-state index contributed by atoms with van der Waals surface area (Å²) in [4.78, 5) is 14.3. The molecule has 1 unspecified atom stereocenters. The normalized spacial score (nSPS) is 17.1. The first-order valence-corrected chi connectivity index (χ1v) is 8.09. The number of hydrogen-bond donors (Lipinski definition) is 2. The second-order valence-electron chi connectivity index (χ2n) is 5.59. The molecule has 0 aliphatic carbocycles. The van der Waals surface area contributed by atoms with E-state index in [0.29, 0.717) is 13.0 Å². The summed E-state index contributed by atoms with van der Waals surface area (Å²) in [6, 6.07) is 10.6. The Bertz CT molecular complexity index is 433. The summed E-state index contributed by atoms with van der Waals surface area (Å²) in [5.41, 5.74) is 1.25. The third-order valence-corrected chi connectivity index (χ3v) is 3.99. The molecule has 1 saturated heterocycles. The average molecular weight is 305 g/mol. The van der Waals surface area contributed by atoms with E-state index in [0.717, 1.165) is 39.3 Å². The molecule has 2 N–H and O–H groups in total. The lowest BCUT2D eigenvalue weighted by atomic mass is 10.0. The van der Waals surface area contributed by atoms with Crippen molar-refractivity contribution in [2.75, 3.05) is 46.4 Å². The van der Waals surface area contributed by atoms with Crippen LogP contribution in [0, 0.1) is 0 Å². The Morgan fingerprint density at radius 3 is 2.68 bits per heavy atom. The molecule has 1 amide bonds. The molecule has 0 saturated carbocycles. The fourth-order valence-electron chi connectivity index (χ4n) is 2.75. The van der Waals surface area contributed by atoms with E-state index in [1.54, 1.807) is 0 Å². The third-order valence-electron chi connectivity index (χ3n) is 3.99. The first kappa shape index (κ1) is 16.9. The topological polar surface area (TPSA) is 53.6 Å². The number of morpholine rings is 1. The molecule has 1 aromatic rings. The quantitative estimate of drug-likeness (QED) is 0.708. The molecule has 1 aliphatic rings. The lowest BCUT2D eigenvalue weighted by molar-refractivity contribution is -0.121. The summed E-state index contributed by atoms with van der Waals surface area (Å²) in [5.74, 6) is 0.129. The van der Waals surface area contributed by atoms with Gasteiger partial charge in [0.15, 0.2) is 0 Å². The van der Waals surface area contributed by atoms with Gasteiger partial charge in [-0.1, -0.05) is 30.3 Å². The van der Waals surface area contributed by atoms with Crippen molar-refractivity contribution in [3.05, 3.63) is 35.9 Å². The maximum absolute atomic E-state index is 12.0. The number of nitrogens with zero attached hydrogens (tertiary/aromatic N) is 1. The van der Waals surface area contributed by atoms with Crippen LogP contribution in [-0.4, -0.2) is 57.2 Å². The minimum atomic E-state index is 0.129. The molecule has 1 aromatic carbocycles. The summed E-state index contributed by atoms with van der Waals surface area (Å²) >= 11 is 0. The summed E-state index contributed by atoms with van der Waals surface area (Å²) in [6.07, 6.45) is 1.45. The minimum absolute atomic E-state index is 0.129. The smallest absolute Gasteiger partial charge is 0.220 e. The Hall–Kier alpha value is -1.43. The molecular weight excluding hydrogens is 278 g/mol. The Morgan fingerprint density at radius 2 is 2.00 bits per heavy atom. The Balaban J connectivity index is 1.91. The van der Waals surface area contributed by atoms with Crippen molar-refractivity contribution in [2.45, 2.75) is 18.9 Å². The summed E-state index contributed by atoms with van der Waals surface area (Å²) in [5, 5.41) is 6.15. The number of nitrogens with one attached hydrogen (secondary N) is 2. The van der Waals surface area contributed by atoms with Crippen molar-refractivity contribution >= 4 is 5.91 Å². The van der Waals surface area contributed by atoms with Gasteiger partial charge in [0, 0.05) is 26.1 Å². The summed E-state index contributed by atoms with van der Waals surface area (Å²) < 4.78 is 5.44. The van der Waals surface area contributed by atoms with Crippen LogP contribution >= 0.6 is 0 Å². The first-order chi connectivity index (χ1) is 10.8. The number of rotatable bonds is 8. The van der Waals surface area contributed by atoms with Crippen molar-refractivity contribution in [2.24, 2.45) is 0 Å². The standard InChI is InChI=1S/C17H27N3O2/c1-18-9-5-8-17(21)19-14-16(15-6-3-2-4-7-15)20-10-12-22-13-11-20/h2-4,6-7,16,18H,5,8-14H2,1H3,(H,19,21). The van der Waals surface area contributed by atoms with Gasteiger partial charge in [-0.15, -0.1) is 0 Å². The van der Waals surface area contributed by atoms with Crippen LogP contribution in [-0.2, 0) is 9.53 Å². The van der Waals surface area contributed by atoms with Crippen molar-refractivity contribution in [3.63, 3.8) is 0 Å². The van der Waals surface area contributed by atoms with E-state index in [4.69, 9.17) is 4.74 Å². The third kappa shape index (κ3) is 5.40. The number of ether oxygens (including phenoxy) is 1. The monoisotopic (exact) mass is 305 g/mol. The zero-order valence-electron chi connectivity index (χ0n) is 13.4. The summed E-state index contributed by atoms with van der Waals surface area (Å²) in [7, 11) is 1.90. The number of amides is 1. The fraction of sp³-hybridized carbons (Fsp3) is 0.588. The maximum atomic E-state index is 12.0. The van der Waals surface area contributed by atoms with E-state index in [1.807, 2.05) is 13.1 Å². The van der Waals surface area contributed by atoms with E-state index in [2.05, 4.69) is 39.8 Å². The Morgan fingerprint density at radius 1 is 1.27 bits per heavy atom. The van der Waals surface area contributed by atoms with Crippen LogP contribution in [0.5, 0.6) is 0 Å². The highest BCUT2D eigenvalue weighted by Crippen LogP contribution is 2.21. The predicted molar refractivity (Wildman–Crippen MR) is 87.7 cm³/mol. The van der Waals surface area contributed by atoms with E-state index in [1.165, 1.54) is 5.56 Å².